The van der Waals surface area contributed by atoms with Crippen molar-refractivity contribution in [1.82, 2.24) is 14.5 Å². The van der Waals surface area contributed by atoms with Crippen molar-refractivity contribution in [3.05, 3.63) is 29.6 Å². The van der Waals surface area contributed by atoms with Crippen molar-refractivity contribution in [3.63, 3.8) is 0 Å². The number of aryl methyl sites for hydroxylation is 2. The number of carbonyl (C=O) groups excluding carboxylic acids is 1. The average Bonchev–Trinajstić information content (AvgIpc) is 3.22. The van der Waals surface area contributed by atoms with Crippen molar-refractivity contribution in [3.8, 4) is 0 Å². The van der Waals surface area contributed by atoms with E-state index in [1.807, 2.05) is 25.1 Å². The second kappa shape index (κ2) is 21.3. The number of benzene rings is 1. The molecule has 0 saturated heterocycles. The van der Waals surface area contributed by atoms with Crippen LogP contribution in [-0.4, -0.2) is 47.7 Å². The minimum absolute atomic E-state index is 0. The Bertz CT molecular complexity index is 881. The third kappa shape index (κ3) is 13.5. The van der Waals surface area contributed by atoms with E-state index < -0.39 is 0 Å². The number of rotatable bonds is 22. The molecule has 2 aromatic rings. The zero-order valence-electron chi connectivity index (χ0n) is 24.9. The molecule has 0 spiro atoms. The van der Waals surface area contributed by atoms with Crippen LogP contribution in [0.1, 0.15) is 133 Å². The van der Waals surface area contributed by atoms with Crippen molar-refractivity contribution < 1.29 is 9.53 Å². The first kappa shape index (κ1) is 34.4. The Morgan fingerprint density at radius 3 is 1.89 bits per heavy atom. The molecule has 1 aromatic heterocycles. The molecule has 0 amide bonds. The summed E-state index contributed by atoms with van der Waals surface area (Å²) in [6.07, 6.45) is 22.8. The first-order valence-corrected chi connectivity index (χ1v) is 15.4. The van der Waals surface area contributed by atoms with Gasteiger partial charge >= 0.3 is 5.97 Å². The van der Waals surface area contributed by atoms with Gasteiger partial charge in [-0.25, -0.2) is 9.78 Å². The highest BCUT2D eigenvalue weighted by Crippen LogP contribution is 2.21. The fraction of sp³-hybridized carbons (Fsp3) is 0.750. The van der Waals surface area contributed by atoms with E-state index in [4.69, 9.17) is 9.72 Å². The molecule has 0 aliphatic heterocycles. The molecular formula is C32H56ClN3O2. The molecule has 1 heterocycles. The van der Waals surface area contributed by atoms with E-state index in [1.165, 1.54) is 96.3 Å². The third-order valence-electron chi connectivity index (χ3n) is 7.33. The number of fused-ring (bicyclic) bond motifs is 1. The number of hydrogen-bond donors (Lipinski definition) is 0. The van der Waals surface area contributed by atoms with Crippen LogP contribution in [0.15, 0.2) is 18.2 Å². The van der Waals surface area contributed by atoms with Crippen LogP contribution in [0.2, 0.25) is 0 Å². The SMILES string of the molecule is CCCCCCCCCCCCCCCCCc1nc2cc(C(=O)OCC)ccc2n1CCCN(C)C.Cl. The number of esters is 1. The minimum atomic E-state index is -0.268. The molecule has 0 unspecified atom stereocenters. The van der Waals surface area contributed by atoms with E-state index in [-0.39, 0.29) is 18.4 Å². The van der Waals surface area contributed by atoms with Crippen molar-refractivity contribution in [1.29, 1.82) is 0 Å². The van der Waals surface area contributed by atoms with Gasteiger partial charge < -0.3 is 14.2 Å². The number of hydrogen-bond acceptors (Lipinski definition) is 4. The van der Waals surface area contributed by atoms with Crippen molar-refractivity contribution in [2.75, 3.05) is 27.2 Å². The van der Waals surface area contributed by atoms with Gasteiger partial charge in [-0.1, -0.05) is 96.8 Å². The van der Waals surface area contributed by atoms with Gasteiger partial charge in [-0.3, -0.25) is 0 Å². The fourth-order valence-corrected chi connectivity index (χ4v) is 5.16. The van der Waals surface area contributed by atoms with Gasteiger partial charge in [-0.05, 0) is 58.6 Å². The van der Waals surface area contributed by atoms with Gasteiger partial charge in [0, 0.05) is 13.0 Å². The van der Waals surface area contributed by atoms with E-state index >= 15 is 0 Å². The van der Waals surface area contributed by atoms with Gasteiger partial charge in [0.25, 0.3) is 0 Å². The summed E-state index contributed by atoms with van der Waals surface area (Å²) in [5, 5.41) is 0. The summed E-state index contributed by atoms with van der Waals surface area (Å²) in [5.41, 5.74) is 2.62. The molecule has 5 nitrogen and oxygen atoms in total. The van der Waals surface area contributed by atoms with E-state index in [0.29, 0.717) is 12.2 Å². The van der Waals surface area contributed by atoms with Gasteiger partial charge in [-0.15, -0.1) is 12.4 Å². The highest BCUT2D eigenvalue weighted by Gasteiger charge is 2.14. The van der Waals surface area contributed by atoms with Gasteiger partial charge in [-0.2, -0.15) is 0 Å². The number of aromatic nitrogens is 2. The largest absolute Gasteiger partial charge is 0.462 e. The number of nitrogens with zero attached hydrogens (tertiary/aromatic N) is 3. The smallest absolute Gasteiger partial charge is 0.338 e. The summed E-state index contributed by atoms with van der Waals surface area (Å²) in [5.74, 6) is 0.889. The molecular weight excluding hydrogens is 494 g/mol. The molecule has 0 radical (unpaired) electrons. The third-order valence-corrected chi connectivity index (χ3v) is 7.33. The predicted octanol–water partition coefficient (Wildman–Crippen LogP) is 9.00. The van der Waals surface area contributed by atoms with Crippen LogP contribution in [0.3, 0.4) is 0 Å². The molecule has 0 fully saturated rings. The quantitative estimate of drug-likeness (QED) is 0.108. The number of carbonyl (C=O) groups is 1. The molecule has 0 saturated carbocycles. The second-order valence-electron chi connectivity index (χ2n) is 11.0. The van der Waals surface area contributed by atoms with Crippen LogP contribution in [-0.2, 0) is 17.7 Å². The summed E-state index contributed by atoms with van der Waals surface area (Å²) < 4.78 is 7.56. The maximum absolute atomic E-state index is 12.2. The molecule has 0 bridgehead atoms. The standard InChI is InChI=1S/C32H55N3O2.ClH/c1-5-7-8-9-10-11-12-13-14-15-16-17-18-19-20-22-31-33-29-27-28(32(36)37-6-2)23-24-30(29)35(31)26-21-25-34(3)4;/h23-24,27H,5-22,25-26H2,1-4H3;1H. The molecule has 6 heteroatoms. The van der Waals surface area contributed by atoms with Gasteiger partial charge in [0.05, 0.1) is 23.2 Å². The molecule has 0 aliphatic carbocycles. The van der Waals surface area contributed by atoms with Crippen LogP contribution in [0, 0.1) is 0 Å². The lowest BCUT2D eigenvalue weighted by Gasteiger charge is -2.12. The molecule has 2 rings (SSSR count). The zero-order valence-corrected chi connectivity index (χ0v) is 25.8. The maximum atomic E-state index is 12.2. The molecule has 0 aliphatic rings. The Hall–Kier alpha value is -1.59. The topological polar surface area (TPSA) is 47.4 Å². The molecule has 1 aromatic carbocycles. The van der Waals surface area contributed by atoms with Crippen LogP contribution in [0.4, 0.5) is 0 Å². The lowest BCUT2D eigenvalue weighted by atomic mass is 10.0. The van der Waals surface area contributed by atoms with E-state index in [9.17, 15) is 4.79 Å². The van der Waals surface area contributed by atoms with Crippen LogP contribution in [0.5, 0.6) is 0 Å². The monoisotopic (exact) mass is 549 g/mol. The first-order chi connectivity index (χ1) is 18.1. The first-order valence-electron chi connectivity index (χ1n) is 15.4. The Labute approximate surface area is 239 Å². The number of halogens is 1. The van der Waals surface area contributed by atoms with E-state index in [2.05, 4.69) is 30.5 Å². The fourth-order valence-electron chi connectivity index (χ4n) is 5.16. The van der Waals surface area contributed by atoms with Crippen molar-refractivity contribution in [2.45, 2.75) is 130 Å². The molecule has 218 valence electrons. The van der Waals surface area contributed by atoms with Gasteiger partial charge in [0.1, 0.15) is 5.82 Å². The predicted molar refractivity (Wildman–Crippen MR) is 165 cm³/mol. The maximum Gasteiger partial charge on any atom is 0.338 e. The Kier molecular flexibility index (Phi) is 19.3. The Morgan fingerprint density at radius 1 is 0.816 bits per heavy atom. The molecule has 0 N–H and O–H groups in total. The van der Waals surface area contributed by atoms with E-state index in [1.54, 1.807) is 0 Å². The average molecular weight is 550 g/mol. The normalized spacial score (nSPS) is 11.3. The lowest BCUT2D eigenvalue weighted by Crippen LogP contribution is -2.16. The van der Waals surface area contributed by atoms with Crippen LogP contribution in [0.25, 0.3) is 11.0 Å². The highest BCUT2D eigenvalue weighted by atomic mass is 35.5. The lowest BCUT2D eigenvalue weighted by molar-refractivity contribution is 0.0526. The summed E-state index contributed by atoms with van der Waals surface area (Å²) in [6, 6.07) is 5.81. The van der Waals surface area contributed by atoms with Gasteiger partial charge in [0.2, 0.25) is 0 Å². The highest BCUT2D eigenvalue weighted by molar-refractivity contribution is 5.93. The van der Waals surface area contributed by atoms with Crippen molar-refractivity contribution >= 4 is 29.4 Å². The summed E-state index contributed by atoms with van der Waals surface area (Å²) in [6.45, 7) is 6.53. The van der Waals surface area contributed by atoms with Gasteiger partial charge in [0.15, 0.2) is 0 Å². The summed E-state index contributed by atoms with van der Waals surface area (Å²) in [4.78, 5) is 19.4. The Balaban J connectivity index is 0.00000722. The van der Waals surface area contributed by atoms with E-state index in [0.717, 1.165) is 42.8 Å². The number of ether oxygens (including phenoxy) is 1. The molecule has 38 heavy (non-hydrogen) atoms. The zero-order chi connectivity index (χ0) is 26.7. The number of imidazole rings is 1. The summed E-state index contributed by atoms with van der Waals surface area (Å²) >= 11 is 0. The Morgan fingerprint density at radius 2 is 1.37 bits per heavy atom. The second-order valence-corrected chi connectivity index (χ2v) is 11.0. The van der Waals surface area contributed by atoms with Crippen molar-refractivity contribution in [2.24, 2.45) is 0 Å². The minimum Gasteiger partial charge on any atom is -0.462 e. The van der Waals surface area contributed by atoms with Crippen LogP contribution >= 0.6 is 12.4 Å². The number of unbranched alkanes of at least 4 members (excludes halogenated alkanes) is 14. The molecule has 0 atom stereocenters. The summed E-state index contributed by atoms with van der Waals surface area (Å²) in [7, 11) is 4.24. The van der Waals surface area contributed by atoms with Crippen LogP contribution < -0.4 is 0 Å².